The van der Waals surface area contributed by atoms with E-state index in [-0.39, 0.29) is 12.1 Å². The highest BCUT2D eigenvalue weighted by Gasteiger charge is 2.65. The predicted molar refractivity (Wildman–Crippen MR) is 72.7 cm³/mol. The third-order valence-electron chi connectivity index (χ3n) is 5.51. The third kappa shape index (κ3) is 1.73. The average molecular weight is 275 g/mol. The average Bonchev–Trinajstić information content (AvgIpc) is 2.82. The predicted octanol–water partition coefficient (Wildman–Crippen LogP) is 1.22. The zero-order chi connectivity index (χ0) is 13.9. The molecule has 6 nitrogen and oxygen atoms in total. The monoisotopic (exact) mass is 275 g/mol. The van der Waals surface area contributed by atoms with Crippen molar-refractivity contribution in [2.45, 2.75) is 38.3 Å². The first-order chi connectivity index (χ1) is 9.65. The van der Waals surface area contributed by atoms with Crippen LogP contribution in [0.5, 0.6) is 0 Å². The largest absolute Gasteiger partial charge is 0.335 e. The summed E-state index contributed by atoms with van der Waals surface area (Å²) in [7, 11) is 1.88. The highest BCUT2D eigenvalue weighted by molar-refractivity contribution is 5.75. The van der Waals surface area contributed by atoms with Crippen molar-refractivity contribution in [3.63, 3.8) is 0 Å². The maximum atomic E-state index is 12.1. The fourth-order valence-electron chi connectivity index (χ4n) is 4.66. The number of nitrogens with one attached hydrogen (secondary N) is 2. The number of fused-ring (bicyclic) bond motifs is 5. The second-order valence-electron chi connectivity index (χ2n) is 6.65. The smallest absolute Gasteiger partial charge is 0.315 e. The van der Waals surface area contributed by atoms with Gasteiger partial charge in [0, 0.05) is 13.1 Å². The summed E-state index contributed by atoms with van der Waals surface area (Å²) < 4.78 is 1.83. The number of carbonyl (C=O) groups is 1. The number of urea groups is 1. The summed E-state index contributed by atoms with van der Waals surface area (Å²) in [6.07, 6.45) is 5.81. The van der Waals surface area contributed by atoms with E-state index in [1.165, 1.54) is 19.3 Å². The molecule has 0 aliphatic heterocycles. The Labute approximate surface area is 118 Å². The van der Waals surface area contributed by atoms with Crippen LogP contribution in [0, 0.1) is 23.7 Å². The summed E-state index contributed by atoms with van der Waals surface area (Å²) in [5, 5.41) is 14.0. The van der Waals surface area contributed by atoms with Crippen molar-refractivity contribution in [2.75, 3.05) is 0 Å². The summed E-state index contributed by atoms with van der Waals surface area (Å²) in [5.74, 6) is 4.07. The molecule has 5 unspecified atom stereocenters. The van der Waals surface area contributed by atoms with Crippen LogP contribution in [0.2, 0.25) is 0 Å². The van der Waals surface area contributed by atoms with Crippen molar-refractivity contribution in [1.29, 1.82) is 0 Å². The molecule has 5 atom stereocenters. The van der Waals surface area contributed by atoms with Crippen LogP contribution in [0.4, 0.5) is 4.79 Å². The van der Waals surface area contributed by atoms with Crippen molar-refractivity contribution < 1.29 is 4.79 Å². The maximum absolute atomic E-state index is 12.1. The van der Waals surface area contributed by atoms with Crippen molar-refractivity contribution >= 4 is 6.03 Å². The summed E-state index contributed by atoms with van der Waals surface area (Å²) in [6.45, 7) is 1.93. The number of aryl methyl sites for hydroxylation is 1. The van der Waals surface area contributed by atoms with Gasteiger partial charge >= 0.3 is 6.03 Å². The van der Waals surface area contributed by atoms with Crippen LogP contribution in [-0.2, 0) is 7.05 Å². The minimum absolute atomic E-state index is 0.0701. The Balaban J connectivity index is 1.33. The number of aromatic nitrogens is 3. The molecule has 108 valence electrons. The first-order valence-corrected chi connectivity index (χ1v) is 7.56. The van der Waals surface area contributed by atoms with E-state index < -0.39 is 0 Å². The number of amides is 2. The lowest BCUT2D eigenvalue weighted by Crippen LogP contribution is -2.40. The molecule has 2 bridgehead atoms. The molecule has 3 saturated carbocycles. The number of hydrogen-bond donors (Lipinski definition) is 2. The van der Waals surface area contributed by atoms with Gasteiger partial charge in [0.05, 0.1) is 6.04 Å². The van der Waals surface area contributed by atoms with Crippen LogP contribution in [-0.4, -0.2) is 26.8 Å². The van der Waals surface area contributed by atoms with E-state index in [0.717, 1.165) is 29.5 Å². The summed E-state index contributed by atoms with van der Waals surface area (Å²) in [4.78, 5) is 12.1. The molecule has 0 radical (unpaired) electrons. The van der Waals surface area contributed by atoms with Crippen LogP contribution in [0.15, 0.2) is 6.33 Å². The lowest BCUT2D eigenvalue weighted by atomic mass is 10.0. The molecule has 0 aromatic carbocycles. The van der Waals surface area contributed by atoms with Crippen molar-refractivity contribution in [1.82, 2.24) is 25.4 Å². The summed E-state index contributed by atoms with van der Waals surface area (Å²) in [6, 6.07) is 0.227. The van der Waals surface area contributed by atoms with E-state index in [9.17, 15) is 4.79 Å². The molecule has 6 heteroatoms. The zero-order valence-electron chi connectivity index (χ0n) is 11.9. The summed E-state index contributed by atoms with van der Waals surface area (Å²) >= 11 is 0. The standard InChI is InChI=1S/C14H21N5O/c1-7(13-18-15-6-19(13)2)16-14(20)17-12-10-8-3-4-9(5-8)11(10)12/h6-12H,3-5H2,1-2H3,(H2,16,17,20). The van der Waals surface area contributed by atoms with Gasteiger partial charge in [-0.1, -0.05) is 0 Å². The first-order valence-electron chi connectivity index (χ1n) is 7.56. The molecule has 2 N–H and O–H groups in total. The number of rotatable bonds is 3. The number of nitrogens with zero attached hydrogens (tertiary/aromatic N) is 3. The van der Waals surface area contributed by atoms with E-state index in [1.54, 1.807) is 6.33 Å². The van der Waals surface area contributed by atoms with Crippen LogP contribution in [0.25, 0.3) is 0 Å². The van der Waals surface area contributed by atoms with Crippen molar-refractivity contribution in [3.05, 3.63) is 12.2 Å². The number of carbonyl (C=O) groups excluding carboxylic acids is 1. The third-order valence-corrected chi connectivity index (χ3v) is 5.51. The van der Waals surface area contributed by atoms with Crippen LogP contribution < -0.4 is 10.6 Å². The van der Waals surface area contributed by atoms with Gasteiger partial charge in [-0.05, 0) is 49.9 Å². The second-order valence-corrected chi connectivity index (χ2v) is 6.65. The molecule has 3 fully saturated rings. The highest BCUT2D eigenvalue weighted by Crippen LogP contribution is 2.65. The first kappa shape index (κ1) is 12.2. The van der Waals surface area contributed by atoms with E-state index >= 15 is 0 Å². The SMILES string of the molecule is CC(NC(=O)NC1C2C3CCC(C3)C12)c1nncn1C. The Kier molecular flexibility index (Phi) is 2.56. The van der Waals surface area contributed by atoms with Gasteiger partial charge in [0.1, 0.15) is 6.33 Å². The van der Waals surface area contributed by atoms with Gasteiger partial charge in [0.15, 0.2) is 5.82 Å². The Bertz CT molecular complexity index is 525. The van der Waals surface area contributed by atoms with Crippen LogP contribution in [0.3, 0.4) is 0 Å². The highest BCUT2D eigenvalue weighted by atomic mass is 16.2. The molecule has 20 heavy (non-hydrogen) atoms. The molecular weight excluding hydrogens is 254 g/mol. The zero-order valence-corrected chi connectivity index (χ0v) is 11.9. The molecule has 3 aliphatic rings. The molecule has 1 aromatic heterocycles. The van der Waals surface area contributed by atoms with Gasteiger partial charge < -0.3 is 15.2 Å². The Morgan fingerprint density at radius 2 is 2.10 bits per heavy atom. The van der Waals surface area contributed by atoms with Gasteiger partial charge in [0.2, 0.25) is 0 Å². The van der Waals surface area contributed by atoms with Crippen LogP contribution in [0.1, 0.15) is 38.1 Å². The Morgan fingerprint density at radius 3 is 2.70 bits per heavy atom. The second kappa shape index (κ2) is 4.20. The van der Waals surface area contributed by atoms with Crippen LogP contribution >= 0.6 is 0 Å². The number of hydrogen-bond acceptors (Lipinski definition) is 3. The van der Waals surface area contributed by atoms with Crippen molar-refractivity contribution in [3.8, 4) is 0 Å². The van der Waals surface area contributed by atoms with E-state index in [4.69, 9.17) is 0 Å². The minimum Gasteiger partial charge on any atom is -0.335 e. The molecule has 1 aromatic rings. The molecule has 0 spiro atoms. The Morgan fingerprint density at radius 1 is 1.40 bits per heavy atom. The van der Waals surface area contributed by atoms with Gasteiger partial charge in [-0.25, -0.2) is 4.79 Å². The van der Waals surface area contributed by atoms with E-state index in [2.05, 4.69) is 20.8 Å². The topological polar surface area (TPSA) is 71.8 Å². The lowest BCUT2D eigenvalue weighted by molar-refractivity contribution is 0.234. The minimum atomic E-state index is -0.127. The fraction of sp³-hybridized carbons (Fsp3) is 0.786. The molecular formula is C14H21N5O. The molecule has 2 amide bonds. The van der Waals surface area contributed by atoms with E-state index in [1.807, 2.05) is 18.5 Å². The fourth-order valence-corrected chi connectivity index (χ4v) is 4.66. The van der Waals surface area contributed by atoms with Gasteiger partial charge in [-0.3, -0.25) is 0 Å². The quantitative estimate of drug-likeness (QED) is 0.871. The van der Waals surface area contributed by atoms with Crippen molar-refractivity contribution in [2.24, 2.45) is 30.7 Å². The molecule has 1 heterocycles. The van der Waals surface area contributed by atoms with Gasteiger partial charge in [-0.2, -0.15) is 0 Å². The van der Waals surface area contributed by atoms with Gasteiger partial charge in [-0.15, -0.1) is 10.2 Å². The Hall–Kier alpha value is -1.59. The molecule has 3 aliphatic carbocycles. The van der Waals surface area contributed by atoms with Gasteiger partial charge in [0.25, 0.3) is 0 Å². The lowest BCUT2D eigenvalue weighted by Gasteiger charge is -2.15. The molecule has 4 rings (SSSR count). The summed E-state index contributed by atoms with van der Waals surface area (Å²) in [5.41, 5.74) is 0. The molecule has 0 saturated heterocycles. The normalized spacial score (nSPS) is 38.4. The maximum Gasteiger partial charge on any atom is 0.315 e. The van der Waals surface area contributed by atoms with E-state index in [0.29, 0.717) is 6.04 Å².